The molecule has 0 aromatic carbocycles. The second-order valence-corrected chi connectivity index (χ2v) is 4.39. The summed E-state index contributed by atoms with van der Waals surface area (Å²) in [6.45, 7) is 5.48. The minimum atomic E-state index is -0.300. The Bertz CT molecular complexity index is 431. The summed E-state index contributed by atoms with van der Waals surface area (Å²) in [6, 6.07) is 3.44. The lowest BCUT2D eigenvalue weighted by Gasteiger charge is -2.07. The van der Waals surface area contributed by atoms with Gasteiger partial charge in [0, 0.05) is 19.3 Å². The van der Waals surface area contributed by atoms with Gasteiger partial charge >= 0.3 is 0 Å². The van der Waals surface area contributed by atoms with Gasteiger partial charge in [-0.15, -0.1) is 0 Å². The van der Waals surface area contributed by atoms with Crippen LogP contribution >= 0.6 is 0 Å². The monoisotopic (exact) mass is 278 g/mol. The Morgan fingerprint density at radius 1 is 1.10 bits per heavy atom. The fraction of sp³-hybridized carbons (Fsp3) is 0.500. The molecule has 0 atom stereocenters. The Labute approximate surface area is 119 Å². The first-order chi connectivity index (χ1) is 9.67. The number of hydrogen-bond donors (Lipinski definition) is 3. The largest absolute Gasteiger partial charge is 0.370 e. The van der Waals surface area contributed by atoms with Crippen LogP contribution in [0, 0.1) is 0 Å². The zero-order chi connectivity index (χ0) is 14.8. The first kappa shape index (κ1) is 15.9. The number of carbonyl (C=O) groups is 2. The predicted octanol–water partition coefficient (Wildman–Crippen LogP) is 1.16. The van der Waals surface area contributed by atoms with Crippen LogP contribution in [0.4, 0.5) is 5.82 Å². The fourth-order valence-electron chi connectivity index (χ4n) is 1.48. The second-order valence-electron chi connectivity index (χ2n) is 4.39. The van der Waals surface area contributed by atoms with Crippen LogP contribution < -0.4 is 16.0 Å². The molecule has 110 valence electrons. The van der Waals surface area contributed by atoms with Gasteiger partial charge in [-0.2, -0.15) is 0 Å². The molecule has 0 unspecified atom stereocenters. The van der Waals surface area contributed by atoms with E-state index in [2.05, 4.69) is 27.9 Å². The first-order valence-corrected chi connectivity index (χ1v) is 6.92. The van der Waals surface area contributed by atoms with E-state index in [4.69, 9.17) is 0 Å². The summed E-state index contributed by atoms with van der Waals surface area (Å²) in [5.41, 5.74) is 0.440. The number of anilines is 1. The van der Waals surface area contributed by atoms with Gasteiger partial charge < -0.3 is 16.0 Å². The first-order valence-electron chi connectivity index (χ1n) is 6.92. The van der Waals surface area contributed by atoms with Crippen molar-refractivity contribution >= 4 is 17.6 Å². The number of amides is 2. The van der Waals surface area contributed by atoms with E-state index in [-0.39, 0.29) is 18.4 Å². The van der Waals surface area contributed by atoms with E-state index in [1.807, 2.05) is 6.92 Å². The maximum atomic E-state index is 11.8. The molecule has 6 heteroatoms. The average molecular weight is 278 g/mol. The maximum absolute atomic E-state index is 11.8. The van der Waals surface area contributed by atoms with Crippen LogP contribution in [-0.2, 0) is 4.79 Å². The molecule has 0 saturated carbocycles. The third-order valence-electron chi connectivity index (χ3n) is 2.56. The molecule has 0 bridgehead atoms. The van der Waals surface area contributed by atoms with Gasteiger partial charge in [-0.1, -0.05) is 13.8 Å². The van der Waals surface area contributed by atoms with E-state index in [0.717, 1.165) is 25.2 Å². The Kier molecular flexibility index (Phi) is 7.10. The Hall–Kier alpha value is -2.11. The molecule has 0 aliphatic carbocycles. The van der Waals surface area contributed by atoms with Gasteiger partial charge in [-0.3, -0.25) is 9.59 Å². The molecule has 0 aliphatic rings. The third-order valence-corrected chi connectivity index (χ3v) is 2.56. The second kappa shape index (κ2) is 8.90. The molecule has 6 nitrogen and oxygen atoms in total. The van der Waals surface area contributed by atoms with Gasteiger partial charge in [0.1, 0.15) is 5.82 Å². The zero-order valence-electron chi connectivity index (χ0n) is 12.0. The molecule has 3 N–H and O–H groups in total. The predicted molar refractivity (Wildman–Crippen MR) is 78.7 cm³/mol. The molecule has 1 aromatic rings. The molecule has 0 spiro atoms. The molecular weight excluding hydrogens is 256 g/mol. The van der Waals surface area contributed by atoms with Crippen LogP contribution in [0.1, 0.15) is 37.0 Å². The van der Waals surface area contributed by atoms with Crippen molar-refractivity contribution in [1.29, 1.82) is 0 Å². The molecule has 0 aliphatic heterocycles. The van der Waals surface area contributed by atoms with Crippen LogP contribution in [0.25, 0.3) is 0 Å². The Morgan fingerprint density at radius 2 is 1.85 bits per heavy atom. The molecular formula is C14H22N4O2. The SMILES string of the molecule is CCCNC(=O)CNC(=O)c1ccc(NCCC)nc1. The van der Waals surface area contributed by atoms with Crippen LogP contribution in [0.5, 0.6) is 0 Å². The minimum Gasteiger partial charge on any atom is -0.370 e. The maximum Gasteiger partial charge on any atom is 0.253 e. The molecule has 0 radical (unpaired) electrons. The van der Waals surface area contributed by atoms with Gasteiger partial charge in [0.25, 0.3) is 5.91 Å². The van der Waals surface area contributed by atoms with Gasteiger partial charge in [-0.05, 0) is 25.0 Å². The molecule has 1 rings (SSSR count). The van der Waals surface area contributed by atoms with Crippen molar-refractivity contribution in [3.05, 3.63) is 23.9 Å². The quantitative estimate of drug-likeness (QED) is 0.666. The van der Waals surface area contributed by atoms with Gasteiger partial charge in [-0.25, -0.2) is 4.98 Å². The van der Waals surface area contributed by atoms with Gasteiger partial charge in [0.2, 0.25) is 5.91 Å². The van der Waals surface area contributed by atoms with Crippen LogP contribution in [-0.4, -0.2) is 36.4 Å². The standard InChI is InChI=1S/C14H22N4O2/c1-3-7-15-12-6-5-11(9-17-12)14(20)18-10-13(19)16-8-4-2/h5-6,9H,3-4,7-8,10H2,1-2H3,(H,15,17)(H,16,19)(H,18,20). The summed E-state index contributed by atoms with van der Waals surface area (Å²) in [5, 5.41) is 8.38. The molecule has 0 fully saturated rings. The van der Waals surface area contributed by atoms with Crippen molar-refractivity contribution in [3.63, 3.8) is 0 Å². The highest BCUT2D eigenvalue weighted by molar-refractivity contribution is 5.96. The van der Waals surface area contributed by atoms with Crippen molar-refractivity contribution in [2.24, 2.45) is 0 Å². The van der Waals surface area contributed by atoms with Crippen molar-refractivity contribution in [3.8, 4) is 0 Å². The highest BCUT2D eigenvalue weighted by atomic mass is 16.2. The van der Waals surface area contributed by atoms with E-state index in [9.17, 15) is 9.59 Å². The third kappa shape index (κ3) is 5.69. The number of pyridine rings is 1. The number of nitrogens with one attached hydrogen (secondary N) is 3. The van der Waals surface area contributed by atoms with Crippen molar-refractivity contribution in [2.75, 3.05) is 25.0 Å². The smallest absolute Gasteiger partial charge is 0.253 e. The van der Waals surface area contributed by atoms with Crippen LogP contribution in [0.15, 0.2) is 18.3 Å². The van der Waals surface area contributed by atoms with E-state index in [1.54, 1.807) is 12.1 Å². The molecule has 20 heavy (non-hydrogen) atoms. The molecule has 2 amide bonds. The summed E-state index contributed by atoms with van der Waals surface area (Å²) in [4.78, 5) is 27.3. The van der Waals surface area contributed by atoms with Gasteiger partial charge in [0.15, 0.2) is 0 Å². The molecule has 1 aromatic heterocycles. The molecule has 1 heterocycles. The lowest BCUT2D eigenvalue weighted by Crippen LogP contribution is -2.37. The number of aromatic nitrogens is 1. The number of nitrogens with zero attached hydrogens (tertiary/aromatic N) is 1. The number of hydrogen-bond acceptors (Lipinski definition) is 4. The number of carbonyl (C=O) groups excluding carboxylic acids is 2. The summed E-state index contributed by atoms with van der Waals surface area (Å²) in [5.74, 6) is 0.254. The Morgan fingerprint density at radius 3 is 2.45 bits per heavy atom. The van der Waals surface area contributed by atoms with Crippen molar-refractivity contribution in [2.45, 2.75) is 26.7 Å². The van der Waals surface area contributed by atoms with Crippen LogP contribution in [0.3, 0.4) is 0 Å². The lowest BCUT2D eigenvalue weighted by atomic mass is 10.2. The molecule has 0 saturated heterocycles. The minimum absolute atomic E-state index is 0.0192. The van der Waals surface area contributed by atoms with E-state index >= 15 is 0 Å². The van der Waals surface area contributed by atoms with E-state index in [0.29, 0.717) is 12.1 Å². The zero-order valence-corrected chi connectivity index (χ0v) is 12.0. The van der Waals surface area contributed by atoms with Crippen molar-refractivity contribution < 1.29 is 9.59 Å². The topological polar surface area (TPSA) is 83.1 Å². The van der Waals surface area contributed by atoms with E-state index in [1.165, 1.54) is 6.20 Å². The average Bonchev–Trinajstić information content (AvgIpc) is 2.49. The lowest BCUT2D eigenvalue weighted by molar-refractivity contribution is -0.120. The number of rotatable bonds is 8. The highest BCUT2D eigenvalue weighted by Crippen LogP contribution is 2.04. The summed E-state index contributed by atoms with van der Waals surface area (Å²) in [6.07, 6.45) is 3.38. The summed E-state index contributed by atoms with van der Waals surface area (Å²) >= 11 is 0. The normalized spacial score (nSPS) is 9.90. The van der Waals surface area contributed by atoms with Gasteiger partial charge in [0.05, 0.1) is 12.1 Å². The summed E-state index contributed by atoms with van der Waals surface area (Å²) in [7, 11) is 0. The highest BCUT2D eigenvalue weighted by Gasteiger charge is 2.08. The fourth-order valence-corrected chi connectivity index (χ4v) is 1.48. The van der Waals surface area contributed by atoms with E-state index < -0.39 is 0 Å². The van der Waals surface area contributed by atoms with Crippen molar-refractivity contribution in [1.82, 2.24) is 15.6 Å². The summed E-state index contributed by atoms with van der Waals surface area (Å²) < 4.78 is 0. The Balaban J connectivity index is 2.41. The van der Waals surface area contributed by atoms with Crippen LogP contribution in [0.2, 0.25) is 0 Å².